The summed E-state index contributed by atoms with van der Waals surface area (Å²) in [7, 11) is 3.08. The molecule has 0 radical (unpaired) electrons. The van der Waals surface area contributed by atoms with Gasteiger partial charge in [0.05, 0.1) is 20.8 Å². The molecule has 36 heavy (non-hydrogen) atoms. The first-order valence-corrected chi connectivity index (χ1v) is 12.2. The molecule has 0 N–H and O–H groups in total. The fourth-order valence-corrected chi connectivity index (χ4v) is 4.68. The van der Waals surface area contributed by atoms with E-state index < -0.39 is 24.1 Å². The molecule has 0 fully saturated rings. The van der Waals surface area contributed by atoms with E-state index >= 15 is 0 Å². The van der Waals surface area contributed by atoms with Crippen molar-refractivity contribution in [2.75, 3.05) is 20.8 Å². The first-order chi connectivity index (χ1) is 17.4. The van der Waals surface area contributed by atoms with E-state index in [-0.39, 0.29) is 0 Å². The van der Waals surface area contributed by atoms with Crippen molar-refractivity contribution < 1.29 is 33.3 Å². The van der Waals surface area contributed by atoms with Crippen LogP contribution in [0.5, 0.6) is 17.2 Å². The molecule has 6 bridgehead atoms. The number of benzene rings is 2. The van der Waals surface area contributed by atoms with Crippen LogP contribution in [0, 0.1) is 0 Å². The van der Waals surface area contributed by atoms with Crippen LogP contribution in [0.4, 0.5) is 0 Å². The molecule has 8 nitrogen and oxygen atoms in total. The van der Waals surface area contributed by atoms with Crippen LogP contribution in [0.15, 0.2) is 42.6 Å². The van der Waals surface area contributed by atoms with Crippen LogP contribution in [0.25, 0.3) is 10.9 Å². The molecule has 0 aliphatic carbocycles. The summed E-state index contributed by atoms with van der Waals surface area (Å²) < 4.78 is 31.1. The highest BCUT2D eigenvalue weighted by atomic mass is 16.6. The van der Waals surface area contributed by atoms with Gasteiger partial charge >= 0.3 is 11.9 Å². The van der Waals surface area contributed by atoms with Crippen molar-refractivity contribution >= 4 is 22.8 Å². The molecule has 0 amide bonds. The van der Waals surface area contributed by atoms with Crippen molar-refractivity contribution in [3.05, 3.63) is 53.7 Å². The van der Waals surface area contributed by atoms with Gasteiger partial charge in [-0.2, -0.15) is 0 Å². The number of carbonyl (C=O) groups excluding carboxylic acids is 2. The Bertz CT molecular complexity index is 1210. The average molecular weight is 496 g/mol. The second kappa shape index (κ2) is 11.4. The molecule has 0 unspecified atom stereocenters. The summed E-state index contributed by atoms with van der Waals surface area (Å²) in [6.07, 6.45) is 4.33. The molecule has 5 heterocycles. The van der Waals surface area contributed by atoms with E-state index in [9.17, 15) is 9.59 Å². The van der Waals surface area contributed by atoms with E-state index in [2.05, 4.69) is 10.8 Å². The fourth-order valence-electron chi connectivity index (χ4n) is 4.68. The van der Waals surface area contributed by atoms with E-state index in [1.165, 1.54) is 13.8 Å². The Morgan fingerprint density at radius 2 is 1.47 bits per heavy atom. The molecular weight excluding hydrogens is 462 g/mol. The van der Waals surface area contributed by atoms with E-state index in [0.29, 0.717) is 35.0 Å². The van der Waals surface area contributed by atoms with E-state index in [1.807, 2.05) is 24.3 Å². The van der Waals surface area contributed by atoms with Gasteiger partial charge < -0.3 is 28.3 Å². The third kappa shape index (κ3) is 5.58. The van der Waals surface area contributed by atoms with Crippen molar-refractivity contribution in [3.63, 3.8) is 0 Å². The summed E-state index contributed by atoms with van der Waals surface area (Å²) in [5.41, 5.74) is 2.36. The lowest BCUT2D eigenvalue weighted by molar-refractivity contribution is -0.166. The van der Waals surface area contributed by atoms with Gasteiger partial charge in [-0.1, -0.05) is 18.9 Å². The average Bonchev–Trinajstić information content (AvgIpc) is 3.26. The Hall–Kier alpha value is -3.68. The number of rotatable bonds is 4. The molecule has 192 valence electrons. The highest BCUT2D eigenvalue weighted by molar-refractivity contribution is 5.81. The second-order valence-corrected chi connectivity index (χ2v) is 8.90. The second-order valence-electron chi connectivity index (χ2n) is 8.90. The maximum Gasteiger partial charge on any atom is 0.303 e. The third-order valence-corrected chi connectivity index (χ3v) is 6.34. The zero-order valence-corrected chi connectivity index (χ0v) is 21.2. The highest BCUT2D eigenvalue weighted by Crippen LogP contribution is 2.44. The van der Waals surface area contributed by atoms with Crippen LogP contribution in [0.1, 0.15) is 62.9 Å². The maximum atomic E-state index is 12.2. The van der Waals surface area contributed by atoms with Gasteiger partial charge in [-0.05, 0) is 54.1 Å². The molecule has 3 aromatic rings. The lowest BCUT2D eigenvalue weighted by Gasteiger charge is -2.28. The zero-order valence-electron chi connectivity index (χ0n) is 21.2. The number of hydrogen-bond acceptors (Lipinski definition) is 7. The number of methoxy groups -OCH3 is 2. The number of hydrogen-bond donors (Lipinski definition) is 0. The smallest absolute Gasteiger partial charge is 0.303 e. The van der Waals surface area contributed by atoms with Crippen molar-refractivity contribution in [1.29, 1.82) is 0 Å². The molecule has 0 saturated carbocycles. The number of aromatic nitrogens is 1. The highest BCUT2D eigenvalue weighted by Gasteiger charge is 2.33. The first-order valence-electron chi connectivity index (χ1n) is 12.2. The van der Waals surface area contributed by atoms with Crippen LogP contribution in [0.3, 0.4) is 0 Å². The molecule has 4 aliphatic heterocycles. The van der Waals surface area contributed by atoms with Gasteiger partial charge in [0, 0.05) is 37.7 Å². The number of carbonyl (C=O) groups is 2. The number of nitrogens with zero attached hydrogens (tertiary/aromatic N) is 1. The molecule has 8 heteroatoms. The Kier molecular flexibility index (Phi) is 8.03. The fraction of sp³-hybridized carbons (Fsp3) is 0.429. The SMILES string of the molecule is COc1cc2cc(OC)c1OCCCCCCn1ccc3cc(ccc31)[C@H](OC(C)=O)[C@H]2OC(C)=O. The van der Waals surface area contributed by atoms with E-state index in [0.717, 1.165) is 43.1 Å². The Labute approximate surface area is 211 Å². The van der Waals surface area contributed by atoms with E-state index in [1.54, 1.807) is 26.4 Å². The van der Waals surface area contributed by atoms with Gasteiger partial charge in [0.25, 0.3) is 0 Å². The molecule has 0 spiro atoms. The Morgan fingerprint density at radius 3 is 2.11 bits per heavy atom. The van der Waals surface area contributed by atoms with Gasteiger partial charge in [-0.3, -0.25) is 9.59 Å². The molecule has 2 aromatic carbocycles. The van der Waals surface area contributed by atoms with Gasteiger partial charge in [0.1, 0.15) is 0 Å². The monoisotopic (exact) mass is 495 g/mol. The first kappa shape index (κ1) is 25.4. The van der Waals surface area contributed by atoms with Crippen molar-refractivity contribution in [2.45, 2.75) is 58.3 Å². The summed E-state index contributed by atoms with van der Waals surface area (Å²) >= 11 is 0. The summed E-state index contributed by atoms with van der Waals surface area (Å²) in [4.78, 5) is 24.4. The predicted molar refractivity (Wildman–Crippen MR) is 134 cm³/mol. The lowest BCUT2D eigenvalue weighted by atomic mass is 9.96. The molecule has 4 aliphatic rings. The normalized spacial score (nSPS) is 18.3. The standard InChI is InChI=1S/C28H33NO7/c1-18(30)35-26-21-9-10-23-20(15-21)11-13-29(23)12-7-5-6-8-14-34-28-24(32-3)16-22(17-25(28)33-4)27(26)36-19(2)31/h9-11,13,15-17,26-27H,5-8,12,14H2,1-4H3/t26-,27-/m0/s1. The summed E-state index contributed by atoms with van der Waals surface area (Å²) in [6, 6.07) is 11.4. The van der Waals surface area contributed by atoms with Crippen LogP contribution < -0.4 is 14.2 Å². The predicted octanol–water partition coefficient (Wildman–Crippen LogP) is 5.52. The van der Waals surface area contributed by atoms with Gasteiger partial charge in [-0.15, -0.1) is 0 Å². The zero-order chi connectivity index (χ0) is 25.7. The Morgan fingerprint density at radius 1 is 0.833 bits per heavy atom. The summed E-state index contributed by atoms with van der Waals surface area (Å²) in [5.74, 6) is 0.365. The van der Waals surface area contributed by atoms with Gasteiger partial charge in [0.2, 0.25) is 5.75 Å². The molecule has 7 rings (SSSR count). The molecule has 1 aromatic heterocycles. The topological polar surface area (TPSA) is 85.2 Å². The quantitative estimate of drug-likeness (QED) is 0.441. The minimum absolute atomic E-state index is 0.441. The minimum Gasteiger partial charge on any atom is -0.493 e. The van der Waals surface area contributed by atoms with Gasteiger partial charge in [0.15, 0.2) is 23.7 Å². The number of aryl methyl sites for hydroxylation is 1. The minimum atomic E-state index is -0.943. The van der Waals surface area contributed by atoms with Crippen LogP contribution in [0.2, 0.25) is 0 Å². The molecule has 2 atom stereocenters. The molecular formula is C28H33NO7. The number of ether oxygens (including phenoxy) is 5. The van der Waals surface area contributed by atoms with Crippen LogP contribution in [-0.2, 0) is 25.6 Å². The van der Waals surface area contributed by atoms with Crippen molar-refractivity contribution in [3.8, 4) is 17.2 Å². The van der Waals surface area contributed by atoms with Crippen LogP contribution in [-0.4, -0.2) is 37.3 Å². The van der Waals surface area contributed by atoms with Crippen molar-refractivity contribution in [2.24, 2.45) is 0 Å². The maximum absolute atomic E-state index is 12.2. The number of esters is 2. The van der Waals surface area contributed by atoms with Crippen molar-refractivity contribution in [1.82, 2.24) is 4.57 Å². The third-order valence-electron chi connectivity index (χ3n) is 6.34. The Balaban J connectivity index is 1.90. The lowest BCUT2D eigenvalue weighted by Crippen LogP contribution is -2.22. The summed E-state index contributed by atoms with van der Waals surface area (Å²) in [5, 5.41) is 1.02. The summed E-state index contributed by atoms with van der Waals surface area (Å²) in [6.45, 7) is 4.09. The van der Waals surface area contributed by atoms with Gasteiger partial charge in [-0.25, -0.2) is 0 Å². The van der Waals surface area contributed by atoms with Crippen LogP contribution >= 0.6 is 0 Å². The molecule has 0 saturated heterocycles. The largest absolute Gasteiger partial charge is 0.493 e. The van der Waals surface area contributed by atoms with E-state index in [4.69, 9.17) is 23.7 Å².